The molecular weight excluding hydrogens is 288 g/mol. The fourth-order valence-electron chi connectivity index (χ4n) is 2.38. The van der Waals surface area contributed by atoms with Crippen molar-refractivity contribution in [1.29, 1.82) is 0 Å². The molecule has 0 unspecified atom stereocenters. The van der Waals surface area contributed by atoms with Crippen molar-refractivity contribution in [2.24, 2.45) is 5.73 Å². The summed E-state index contributed by atoms with van der Waals surface area (Å²) >= 11 is 1.27. The Balaban J connectivity index is 1.79. The summed E-state index contributed by atoms with van der Waals surface area (Å²) in [6, 6.07) is 8.51. The molecule has 5 nitrogen and oxygen atoms in total. The van der Waals surface area contributed by atoms with Crippen molar-refractivity contribution in [3.05, 3.63) is 35.9 Å². The van der Waals surface area contributed by atoms with Crippen LogP contribution in [-0.4, -0.2) is 46.6 Å². The average molecular weight is 306 g/mol. The van der Waals surface area contributed by atoms with Gasteiger partial charge < -0.3 is 10.6 Å². The van der Waals surface area contributed by atoms with Crippen LogP contribution in [0.25, 0.3) is 0 Å². The Morgan fingerprint density at radius 2 is 1.90 bits per heavy atom. The lowest BCUT2D eigenvalue weighted by atomic mass is 10.2. The zero-order valence-corrected chi connectivity index (χ0v) is 12.5. The monoisotopic (exact) mass is 306 g/mol. The van der Waals surface area contributed by atoms with Crippen molar-refractivity contribution < 1.29 is 14.4 Å². The van der Waals surface area contributed by atoms with E-state index in [2.05, 4.69) is 0 Å². The fourth-order valence-corrected chi connectivity index (χ4v) is 3.18. The fraction of sp³-hybridized carbons (Fsp3) is 0.400. The number of rotatable bonds is 6. The maximum atomic E-state index is 12.1. The van der Waals surface area contributed by atoms with Gasteiger partial charge in [-0.25, -0.2) is 0 Å². The van der Waals surface area contributed by atoms with E-state index in [-0.39, 0.29) is 23.2 Å². The molecular formula is C15H18N2O3S. The lowest BCUT2D eigenvalue weighted by Gasteiger charge is -2.21. The van der Waals surface area contributed by atoms with Crippen molar-refractivity contribution in [3.63, 3.8) is 0 Å². The number of nitrogens with two attached hydrogens (primary N) is 1. The van der Waals surface area contributed by atoms with Gasteiger partial charge in [0.05, 0.1) is 11.5 Å². The molecule has 0 radical (unpaired) electrons. The van der Waals surface area contributed by atoms with Crippen LogP contribution in [0.15, 0.2) is 30.3 Å². The van der Waals surface area contributed by atoms with Gasteiger partial charge in [0.15, 0.2) is 5.78 Å². The Morgan fingerprint density at radius 3 is 2.57 bits per heavy atom. The minimum Gasteiger partial charge on any atom is -0.368 e. The van der Waals surface area contributed by atoms with Gasteiger partial charge in [-0.15, -0.1) is 11.8 Å². The van der Waals surface area contributed by atoms with Crippen LogP contribution >= 0.6 is 11.8 Å². The summed E-state index contributed by atoms with van der Waals surface area (Å²) in [5.41, 5.74) is 5.93. The molecule has 1 aliphatic rings. The molecule has 1 fully saturated rings. The highest BCUT2D eigenvalue weighted by molar-refractivity contribution is 8.00. The van der Waals surface area contributed by atoms with E-state index in [1.165, 1.54) is 16.7 Å². The normalized spacial score (nSPS) is 17.7. The van der Waals surface area contributed by atoms with Crippen molar-refractivity contribution in [2.45, 2.75) is 18.9 Å². The second kappa shape index (κ2) is 7.26. The van der Waals surface area contributed by atoms with Crippen LogP contribution < -0.4 is 5.73 Å². The second-order valence-corrected chi connectivity index (χ2v) is 5.92. The predicted octanol–water partition coefficient (Wildman–Crippen LogP) is 1.08. The smallest absolute Gasteiger partial charge is 0.240 e. The van der Waals surface area contributed by atoms with E-state index in [4.69, 9.17) is 5.73 Å². The number of primary amides is 1. The van der Waals surface area contributed by atoms with Crippen LogP contribution in [0, 0.1) is 0 Å². The van der Waals surface area contributed by atoms with Gasteiger partial charge in [-0.1, -0.05) is 30.3 Å². The lowest BCUT2D eigenvalue weighted by molar-refractivity contribution is -0.135. The topological polar surface area (TPSA) is 80.5 Å². The largest absolute Gasteiger partial charge is 0.368 e. The van der Waals surface area contributed by atoms with Crippen LogP contribution in [0.1, 0.15) is 23.2 Å². The number of benzene rings is 1. The Kier molecular flexibility index (Phi) is 5.38. The molecule has 0 aromatic heterocycles. The molecule has 2 amide bonds. The van der Waals surface area contributed by atoms with Gasteiger partial charge in [-0.05, 0) is 12.8 Å². The Bertz CT molecular complexity index is 533. The van der Waals surface area contributed by atoms with Crippen LogP contribution in [0.5, 0.6) is 0 Å². The van der Waals surface area contributed by atoms with Crippen molar-refractivity contribution >= 4 is 29.4 Å². The first-order chi connectivity index (χ1) is 10.1. The Hall–Kier alpha value is -1.82. The van der Waals surface area contributed by atoms with Gasteiger partial charge in [0, 0.05) is 12.1 Å². The van der Waals surface area contributed by atoms with E-state index < -0.39 is 11.9 Å². The highest BCUT2D eigenvalue weighted by Gasteiger charge is 2.32. The minimum absolute atomic E-state index is 0.00118. The third-order valence-electron chi connectivity index (χ3n) is 3.46. The van der Waals surface area contributed by atoms with E-state index in [0.717, 1.165) is 6.42 Å². The summed E-state index contributed by atoms with van der Waals surface area (Å²) in [6.07, 6.45) is 1.43. The maximum Gasteiger partial charge on any atom is 0.240 e. The van der Waals surface area contributed by atoms with Gasteiger partial charge in [0.1, 0.15) is 6.04 Å². The molecule has 1 aromatic carbocycles. The molecule has 2 N–H and O–H groups in total. The number of likely N-dealkylation sites (tertiary alicyclic amines) is 1. The third-order valence-corrected chi connectivity index (χ3v) is 4.37. The number of nitrogens with zero attached hydrogens (tertiary/aromatic N) is 1. The molecule has 1 aromatic rings. The summed E-state index contributed by atoms with van der Waals surface area (Å²) in [4.78, 5) is 36.7. The van der Waals surface area contributed by atoms with E-state index in [9.17, 15) is 14.4 Å². The Morgan fingerprint density at radius 1 is 1.19 bits per heavy atom. The average Bonchev–Trinajstić information content (AvgIpc) is 2.97. The number of hydrogen-bond donors (Lipinski definition) is 1. The highest BCUT2D eigenvalue weighted by Crippen LogP contribution is 2.18. The third kappa shape index (κ3) is 4.07. The summed E-state index contributed by atoms with van der Waals surface area (Å²) in [5.74, 6) is -0.123. The summed E-state index contributed by atoms with van der Waals surface area (Å²) in [6.45, 7) is 0.569. The highest BCUT2D eigenvalue weighted by atomic mass is 32.2. The maximum absolute atomic E-state index is 12.1. The molecule has 1 atom stereocenters. The first-order valence-electron chi connectivity index (χ1n) is 6.84. The second-order valence-electron chi connectivity index (χ2n) is 4.93. The first-order valence-corrected chi connectivity index (χ1v) is 8.00. The van der Waals surface area contributed by atoms with Crippen LogP contribution in [-0.2, 0) is 9.59 Å². The van der Waals surface area contributed by atoms with Gasteiger partial charge >= 0.3 is 0 Å². The molecule has 1 aliphatic heterocycles. The molecule has 112 valence electrons. The van der Waals surface area contributed by atoms with E-state index >= 15 is 0 Å². The SMILES string of the molecule is NC(=O)[C@H]1CCCN1C(=O)CSCC(=O)c1ccccc1. The number of carbonyl (C=O) groups is 3. The standard InChI is InChI=1S/C15H18N2O3S/c16-15(20)12-7-4-8-17(12)14(19)10-21-9-13(18)11-5-2-1-3-6-11/h1-3,5-6,12H,4,7-10H2,(H2,16,20)/t12-/m1/s1. The predicted molar refractivity (Wildman–Crippen MR) is 82.0 cm³/mol. The number of Topliss-reactive ketones (excluding diaryl/α,β-unsaturated/α-hetero) is 1. The van der Waals surface area contributed by atoms with Crippen LogP contribution in [0.3, 0.4) is 0 Å². The number of carbonyl (C=O) groups excluding carboxylic acids is 3. The molecule has 1 saturated heterocycles. The lowest BCUT2D eigenvalue weighted by Crippen LogP contribution is -2.44. The van der Waals surface area contributed by atoms with E-state index in [1.807, 2.05) is 18.2 Å². The number of thioether (sulfide) groups is 1. The van der Waals surface area contributed by atoms with Gasteiger partial charge in [-0.2, -0.15) is 0 Å². The number of hydrogen-bond acceptors (Lipinski definition) is 4. The van der Waals surface area contributed by atoms with Gasteiger partial charge in [0.2, 0.25) is 11.8 Å². The molecule has 1 heterocycles. The molecule has 0 aliphatic carbocycles. The van der Waals surface area contributed by atoms with Crippen molar-refractivity contribution in [1.82, 2.24) is 4.90 Å². The quantitative estimate of drug-likeness (QED) is 0.798. The first kappa shape index (κ1) is 15.6. The zero-order valence-electron chi connectivity index (χ0n) is 11.7. The Labute approximate surface area is 127 Å². The summed E-state index contributed by atoms with van der Waals surface area (Å²) < 4.78 is 0. The van der Waals surface area contributed by atoms with Gasteiger partial charge in [-0.3, -0.25) is 14.4 Å². The zero-order chi connectivity index (χ0) is 15.2. The van der Waals surface area contributed by atoms with E-state index in [0.29, 0.717) is 18.5 Å². The van der Waals surface area contributed by atoms with Crippen molar-refractivity contribution in [3.8, 4) is 0 Å². The molecule has 21 heavy (non-hydrogen) atoms. The molecule has 0 saturated carbocycles. The molecule has 2 rings (SSSR count). The molecule has 6 heteroatoms. The van der Waals surface area contributed by atoms with E-state index in [1.54, 1.807) is 12.1 Å². The minimum atomic E-state index is -0.483. The molecule has 0 bridgehead atoms. The summed E-state index contributed by atoms with van der Waals surface area (Å²) in [7, 11) is 0. The van der Waals surface area contributed by atoms with Gasteiger partial charge in [0.25, 0.3) is 0 Å². The number of amides is 2. The summed E-state index contributed by atoms with van der Waals surface area (Å²) in [5, 5.41) is 0. The van der Waals surface area contributed by atoms with Crippen LogP contribution in [0.2, 0.25) is 0 Å². The number of ketones is 1. The van der Waals surface area contributed by atoms with Crippen molar-refractivity contribution in [2.75, 3.05) is 18.1 Å². The van der Waals surface area contributed by atoms with Crippen LogP contribution in [0.4, 0.5) is 0 Å². The molecule has 0 spiro atoms.